The van der Waals surface area contributed by atoms with Crippen LogP contribution < -0.4 is 0 Å². The lowest BCUT2D eigenvalue weighted by Gasteiger charge is -2.10. The molecule has 1 rings (SSSR count). The van der Waals surface area contributed by atoms with Crippen molar-refractivity contribution < 1.29 is 13.2 Å². The summed E-state index contributed by atoms with van der Waals surface area (Å²) in [5, 5.41) is 12.2. The van der Waals surface area contributed by atoms with Crippen molar-refractivity contribution in [1.29, 1.82) is 5.26 Å². The largest absolute Gasteiger partial charge is 0.433 e. The van der Waals surface area contributed by atoms with E-state index in [-0.39, 0.29) is 6.54 Å². The highest BCUT2D eigenvalue weighted by atomic mass is 19.4. The van der Waals surface area contributed by atoms with Gasteiger partial charge in [0.05, 0.1) is 24.2 Å². The summed E-state index contributed by atoms with van der Waals surface area (Å²) in [7, 11) is 0. The molecule has 0 radical (unpaired) electrons. The van der Waals surface area contributed by atoms with Crippen LogP contribution in [0, 0.1) is 24.2 Å². The summed E-state index contributed by atoms with van der Waals surface area (Å²) in [4.78, 5) is 0. The Kier molecular flexibility index (Phi) is 3.03. The van der Waals surface area contributed by atoms with E-state index < -0.39 is 17.8 Å². The van der Waals surface area contributed by atoms with E-state index in [1.165, 1.54) is 6.92 Å². The van der Waals surface area contributed by atoms with Gasteiger partial charge in [-0.25, -0.2) is 0 Å². The number of nitrogens with zero attached hydrogens (tertiary/aromatic N) is 3. The van der Waals surface area contributed by atoms with E-state index in [1.807, 2.05) is 6.07 Å². The molecule has 0 saturated heterocycles. The number of rotatable bonds is 2. The van der Waals surface area contributed by atoms with Crippen molar-refractivity contribution in [3.05, 3.63) is 17.5 Å². The molecule has 0 aromatic carbocycles. The second-order valence-corrected chi connectivity index (χ2v) is 3.38. The van der Waals surface area contributed by atoms with Gasteiger partial charge in [0.15, 0.2) is 0 Å². The first-order chi connectivity index (χ1) is 6.84. The Morgan fingerprint density at radius 1 is 1.60 bits per heavy atom. The van der Waals surface area contributed by atoms with Crippen molar-refractivity contribution >= 4 is 0 Å². The maximum atomic E-state index is 12.5. The zero-order valence-corrected chi connectivity index (χ0v) is 8.34. The SMILES string of the molecule is Cc1cc(C(F)(F)F)n(C[C@H](C)C#N)n1. The summed E-state index contributed by atoms with van der Waals surface area (Å²) in [6, 6.07) is 2.85. The predicted octanol–water partition coefficient (Wildman–Crippen LogP) is 2.37. The van der Waals surface area contributed by atoms with E-state index in [0.717, 1.165) is 10.7 Å². The normalized spacial score (nSPS) is 13.6. The molecule has 1 atom stereocenters. The summed E-state index contributed by atoms with van der Waals surface area (Å²) in [5.41, 5.74) is -0.505. The summed E-state index contributed by atoms with van der Waals surface area (Å²) < 4.78 is 38.3. The van der Waals surface area contributed by atoms with Crippen molar-refractivity contribution in [2.45, 2.75) is 26.6 Å². The Hall–Kier alpha value is -1.51. The quantitative estimate of drug-likeness (QED) is 0.763. The van der Waals surface area contributed by atoms with Crippen LogP contribution in [-0.4, -0.2) is 9.78 Å². The minimum atomic E-state index is -4.42. The fourth-order valence-corrected chi connectivity index (χ4v) is 1.21. The van der Waals surface area contributed by atoms with Crippen LogP contribution in [0.15, 0.2) is 6.07 Å². The molecular formula is C9H10F3N3. The molecule has 0 bridgehead atoms. The Balaban J connectivity index is 3.03. The van der Waals surface area contributed by atoms with Crippen molar-refractivity contribution in [2.24, 2.45) is 5.92 Å². The lowest BCUT2D eigenvalue weighted by atomic mass is 10.2. The van der Waals surface area contributed by atoms with E-state index >= 15 is 0 Å². The van der Waals surface area contributed by atoms with Crippen molar-refractivity contribution in [2.75, 3.05) is 0 Å². The van der Waals surface area contributed by atoms with Crippen LogP contribution in [-0.2, 0) is 12.7 Å². The molecule has 1 heterocycles. The topological polar surface area (TPSA) is 41.6 Å². The molecule has 6 heteroatoms. The van der Waals surface area contributed by atoms with Gasteiger partial charge >= 0.3 is 6.18 Å². The zero-order chi connectivity index (χ0) is 11.6. The predicted molar refractivity (Wildman–Crippen MR) is 46.7 cm³/mol. The summed E-state index contributed by atoms with van der Waals surface area (Å²) in [5.74, 6) is -0.495. The molecule has 1 aromatic rings. The molecule has 0 amide bonds. The van der Waals surface area contributed by atoms with Crippen molar-refractivity contribution in [3.63, 3.8) is 0 Å². The van der Waals surface area contributed by atoms with Gasteiger partial charge in [-0.1, -0.05) is 0 Å². The molecule has 0 N–H and O–H groups in total. The lowest BCUT2D eigenvalue weighted by Crippen LogP contribution is -2.17. The first-order valence-electron chi connectivity index (χ1n) is 4.36. The molecular weight excluding hydrogens is 207 g/mol. The molecule has 82 valence electrons. The number of aryl methyl sites for hydroxylation is 1. The monoisotopic (exact) mass is 217 g/mol. The summed E-state index contributed by atoms with van der Waals surface area (Å²) in [6.07, 6.45) is -4.42. The molecule has 3 nitrogen and oxygen atoms in total. The molecule has 0 unspecified atom stereocenters. The molecule has 0 saturated carbocycles. The van der Waals surface area contributed by atoms with Crippen molar-refractivity contribution in [1.82, 2.24) is 9.78 Å². The molecule has 0 fully saturated rings. The van der Waals surface area contributed by atoms with E-state index in [9.17, 15) is 13.2 Å². The average molecular weight is 217 g/mol. The highest BCUT2D eigenvalue weighted by molar-refractivity contribution is 5.12. The van der Waals surface area contributed by atoms with Crippen LogP contribution in [0.25, 0.3) is 0 Å². The van der Waals surface area contributed by atoms with Gasteiger partial charge in [0.25, 0.3) is 0 Å². The van der Waals surface area contributed by atoms with E-state index in [2.05, 4.69) is 5.10 Å². The first kappa shape index (κ1) is 11.6. The van der Waals surface area contributed by atoms with Crippen LogP contribution in [0.3, 0.4) is 0 Å². The second-order valence-electron chi connectivity index (χ2n) is 3.38. The van der Waals surface area contributed by atoms with Crippen LogP contribution >= 0.6 is 0 Å². The lowest BCUT2D eigenvalue weighted by molar-refractivity contribution is -0.144. The smallest absolute Gasteiger partial charge is 0.259 e. The highest BCUT2D eigenvalue weighted by Gasteiger charge is 2.35. The van der Waals surface area contributed by atoms with Gasteiger partial charge in [0, 0.05) is 0 Å². The Morgan fingerprint density at radius 2 is 2.20 bits per heavy atom. The minimum absolute atomic E-state index is 0.0425. The van der Waals surface area contributed by atoms with E-state index in [0.29, 0.717) is 5.69 Å². The number of alkyl halides is 3. The summed E-state index contributed by atoms with van der Waals surface area (Å²) in [6.45, 7) is 3.00. The molecule has 0 aliphatic carbocycles. The van der Waals surface area contributed by atoms with Crippen molar-refractivity contribution in [3.8, 4) is 6.07 Å². The third-order valence-electron chi connectivity index (χ3n) is 1.86. The molecule has 0 aliphatic heterocycles. The third kappa shape index (κ3) is 2.72. The second kappa shape index (κ2) is 3.93. The minimum Gasteiger partial charge on any atom is -0.259 e. The Labute approximate surface area is 85.1 Å². The zero-order valence-electron chi connectivity index (χ0n) is 8.34. The van der Waals surface area contributed by atoms with Gasteiger partial charge in [-0.15, -0.1) is 0 Å². The van der Waals surface area contributed by atoms with Crippen LogP contribution in [0.5, 0.6) is 0 Å². The standard InChI is InChI=1S/C9H10F3N3/c1-6(4-13)5-15-8(9(10,11)12)3-7(2)14-15/h3,6H,5H2,1-2H3/t6-/m1/s1. The first-order valence-corrected chi connectivity index (χ1v) is 4.36. The number of hydrogen-bond donors (Lipinski definition) is 0. The third-order valence-corrected chi connectivity index (χ3v) is 1.86. The molecule has 15 heavy (non-hydrogen) atoms. The van der Waals surface area contributed by atoms with Gasteiger partial charge in [-0.3, -0.25) is 4.68 Å². The maximum Gasteiger partial charge on any atom is 0.433 e. The van der Waals surface area contributed by atoms with Crippen LogP contribution in [0.2, 0.25) is 0 Å². The number of hydrogen-bond acceptors (Lipinski definition) is 2. The maximum absolute atomic E-state index is 12.5. The Bertz CT molecular complexity index is 386. The van der Waals surface area contributed by atoms with E-state index in [1.54, 1.807) is 6.92 Å². The van der Waals surface area contributed by atoms with Gasteiger partial charge in [0.2, 0.25) is 0 Å². The van der Waals surface area contributed by atoms with Gasteiger partial charge < -0.3 is 0 Å². The van der Waals surface area contributed by atoms with Gasteiger partial charge in [0.1, 0.15) is 5.69 Å². The number of nitriles is 1. The molecule has 0 spiro atoms. The number of aromatic nitrogens is 2. The fraction of sp³-hybridized carbons (Fsp3) is 0.556. The number of halogens is 3. The molecule has 1 aromatic heterocycles. The average Bonchev–Trinajstić information content (AvgIpc) is 2.45. The fourth-order valence-electron chi connectivity index (χ4n) is 1.21. The summed E-state index contributed by atoms with van der Waals surface area (Å²) >= 11 is 0. The van der Waals surface area contributed by atoms with Crippen LogP contribution in [0.1, 0.15) is 18.3 Å². The van der Waals surface area contributed by atoms with Gasteiger partial charge in [-0.2, -0.15) is 23.5 Å². The molecule has 0 aliphatic rings. The van der Waals surface area contributed by atoms with E-state index in [4.69, 9.17) is 5.26 Å². The van der Waals surface area contributed by atoms with Gasteiger partial charge in [-0.05, 0) is 19.9 Å². The highest BCUT2D eigenvalue weighted by Crippen LogP contribution is 2.30. The van der Waals surface area contributed by atoms with Crippen LogP contribution in [0.4, 0.5) is 13.2 Å². The Morgan fingerprint density at radius 3 is 2.67 bits per heavy atom.